The van der Waals surface area contributed by atoms with Crippen LogP contribution in [0.2, 0.25) is 0 Å². The lowest BCUT2D eigenvalue weighted by Crippen LogP contribution is -2.10. The third kappa shape index (κ3) is 2.97. The summed E-state index contributed by atoms with van der Waals surface area (Å²) in [6, 6.07) is 0. The molecule has 104 valence electrons. The zero-order valence-corrected chi connectivity index (χ0v) is 12.3. The summed E-state index contributed by atoms with van der Waals surface area (Å²) in [4.78, 5) is 4.37. The Morgan fingerprint density at radius 1 is 1.32 bits per heavy atom. The van der Waals surface area contributed by atoms with Gasteiger partial charge < -0.3 is 9.88 Å². The molecule has 0 aliphatic rings. The van der Waals surface area contributed by atoms with E-state index in [2.05, 4.69) is 40.7 Å². The van der Waals surface area contributed by atoms with Crippen LogP contribution >= 0.6 is 0 Å². The number of nitrogens with zero attached hydrogens (tertiary/aromatic N) is 4. The molecule has 5 heteroatoms. The average Bonchev–Trinajstić information content (AvgIpc) is 2.91. The van der Waals surface area contributed by atoms with Crippen LogP contribution in [0.15, 0.2) is 12.4 Å². The lowest BCUT2D eigenvalue weighted by Gasteiger charge is -2.10. The van der Waals surface area contributed by atoms with E-state index in [1.807, 2.05) is 24.1 Å². The van der Waals surface area contributed by atoms with Gasteiger partial charge in [0, 0.05) is 37.2 Å². The first kappa shape index (κ1) is 13.6. The van der Waals surface area contributed by atoms with E-state index in [9.17, 15) is 0 Å². The van der Waals surface area contributed by atoms with Crippen LogP contribution in [0.5, 0.6) is 0 Å². The van der Waals surface area contributed by atoms with Crippen LogP contribution < -0.4 is 5.32 Å². The summed E-state index contributed by atoms with van der Waals surface area (Å²) in [5.41, 5.74) is 3.58. The Bertz CT molecular complexity index is 538. The van der Waals surface area contributed by atoms with Crippen LogP contribution in [0, 0.1) is 13.8 Å². The molecule has 19 heavy (non-hydrogen) atoms. The second kappa shape index (κ2) is 5.91. The molecule has 0 unspecified atom stereocenters. The highest BCUT2D eigenvalue weighted by Crippen LogP contribution is 2.16. The molecule has 0 amide bonds. The Morgan fingerprint density at radius 3 is 2.74 bits per heavy atom. The Balaban J connectivity index is 2.13. The van der Waals surface area contributed by atoms with Gasteiger partial charge in [-0.3, -0.25) is 4.68 Å². The van der Waals surface area contributed by atoms with Gasteiger partial charge in [-0.2, -0.15) is 5.10 Å². The van der Waals surface area contributed by atoms with Crippen molar-refractivity contribution in [1.82, 2.24) is 19.3 Å². The maximum atomic E-state index is 4.46. The van der Waals surface area contributed by atoms with Crippen molar-refractivity contribution in [2.75, 3.05) is 11.9 Å². The molecule has 5 nitrogen and oxygen atoms in total. The fourth-order valence-electron chi connectivity index (χ4n) is 2.20. The van der Waals surface area contributed by atoms with Crippen molar-refractivity contribution >= 4 is 5.95 Å². The van der Waals surface area contributed by atoms with Crippen molar-refractivity contribution in [1.29, 1.82) is 0 Å². The van der Waals surface area contributed by atoms with Crippen LogP contribution in [-0.4, -0.2) is 25.9 Å². The normalized spacial score (nSPS) is 10.9. The minimum Gasteiger partial charge on any atom is -0.356 e. The van der Waals surface area contributed by atoms with Crippen molar-refractivity contribution in [3.05, 3.63) is 29.3 Å². The van der Waals surface area contributed by atoms with E-state index in [0.717, 1.165) is 31.2 Å². The number of anilines is 1. The molecule has 0 aliphatic carbocycles. The van der Waals surface area contributed by atoms with Gasteiger partial charge in [-0.25, -0.2) is 4.98 Å². The standard InChI is InChI=1S/C14H23N5/c1-5-6-7-15-14-16-8-9-19(14)10-13-11(2)17-18(4)12(13)3/h8-9H,5-7,10H2,1-4H3,(H,15,16). The molecule has 2 aromatic heterocycles. The molecule has 0 radical (unpaired) electrons. The highest BCUT2D eigenvalue weighted by atomic mass is 15.3. The van der Waals surface area contributed by atoms with Gasteiger partial charge in [0.25, 0.3) is 0 Å². The maximum absolute atomic E-state index is 4.46. The molecule has 0 spiro atoms. The van der Waals surface area contributed by atoms with Gasteiger partial charge in [0.1, 0.15) is 0 Å². The van der Waals surface area contributed by atoms with Gasteiger partial charge in [0.15, 0.2) is 0 Å². The molecule has 0 atom stereocenters. The number of unbranched alkanes of at least 4 members (excludes halogenated alkanes) is 1. The third-order valence-electron chi connectivity index (χ3n) is 3.52. The first-order valence-electron chi connectivity index (χ1n) is 6.87. The largest absolute Gasteiger partial charge is 0.356 e. The van der Waals surface area contributed by atoms with Crippen molar-refractivity contribution < 1.29 is 0 Å². The van der Waals surface area contributed by atoms with E-state index in [4.69, 9.17) is 0 Å². The molecular formula is C14H23N5. The van der Waals surface area contributed by atoms with E-state index in [1.165, 1.54) is 17.7 Å². The fourth-order valence-corrected chi connectivity index (χ4v) is 2.20. The van der Waals surface area contributed by atoms with Crippen LogP contribution in [0.4, 0.5) is 5.95 Å². The highest BCUT2D eigenvalue weighted by molar-refractivity contribution is 5.30. The van der Waals surface area contributed by atoms with E-state index in [0.29, 0.717) is 0 Å². The Labute approximate surface area is 114 Å². The number of imidazole rings is 1. The second-order valence-corrected chi connectivity index (χ2v) is 4.93. The Hall–Kier alpha value is -1.78. The van der Waals surface area contributed by atoms with Gasteiger partial charge in [-0.15, -0.1) is 0 Å². The molecule has 0 saturated carbocycles. The lowest BCUT2D eigenvalue weighted by molar-refractivity contribution is 0.726. The minimum absolute atomic E-state index is 0.819. The zero-order chi connectivity index (χ0) is 13.8. The topological polar surface area (TPSA) is 47.7 Å². The first-order valence-corrected chi connectivity index (χ1v) is 6.87. The fraction of sp³-hybridized carbons (Fsp3) is 0.571. The molecule has 0 bridgehead atoms. The number of aryl methyl sites for hydroxylation is 2. The third-order valence-corrected chi connectivity index (χ3v) is 3.52. The van der Waals surface area contributed by atoms with E-state index in [-0.39, 0.29) is 0 Å². The lowest BCUT2D eigenvalue weighted by atomic mass is 10.2. The summed E-state index contributed by atoms with van der Waals surface area (Å²) in [5.74, 6) is 0.941. The van der Waals surface area contributed by atoms with Crippen LogP contribution in [-0.2, 0) is 13.6 Å². The van der Waals surface area contributed by atoms with E-state index in [1.54, 1.807) is 0 Å². The first-order chi connectivity index (χ1) is 9.13. The van der Waals surface area contributed by atoms with Crippen LogP contribution in [0.3, 0.4) is 0 Å². The molecule has 2 heterocycles. The van der Waals surface area contributed by atoms with E-state index < -0.39 is 0 Å². The molecule has 0 fully saturated rings. The smallest absolute Gasteiger partial charge is 0.203 e. The van der Waals surface area contributed by atoms with Crippen LogP contribution in [0.25, 0.3) is 0 Å². The van der Waals surface area contributed by atoms with Gasteiger partial charge >= 0.3 is 0 Å². The number of aromatic nitrogens is 4. The van der Waals surface area contributed by atoms with Crippen molar-refractivity contribution in [3.63, 3.8) is 0 Å². The summed E-state index contributed by atoms with van der Waals surface area (Å²) < 4.78 is 4.08. The number of nitrogens with one attached hydrogen (secondary N) is 1. The monoisotopic (exact) mass is 261 g/mol. The number of hydrogen-bond donors (Lipinski definition) is 1. The summed E-state index contributed by atoms with van der Waals surface area (Å²) in [6.45, 7) is 8.15. The molecule has 0 aromatic carbocycles. The Kier molecular flexibility index (Phi) is 4.24. The van der Waals surface area contributed by atoms with Crippen molar-refractivity contribution in [2.45, 2.75) is 40.2 Å². The highest BCUT2D eigenvalue weighted by Gasteiger charge is 2.11. The Morgan fingerprint density at radius 2 is 2.11 bits per heavy atom. The van der Waals surface area contributed by atoms with Crippen LogP contribution in [0.1, 0.15) is 36.7 Å². The summed E-state index contributed by atoms with van der Waals surface area (Å²) in [5, 5.41) is 7.84. The van der Waals surface area contributed by atoms with E-state index >= 15 is 0 Å². The summed E-state index contributed by atoms with van der Waals surface area (Å²) in [7, 11) is 1.99. The predicted octanol–water partition coefficient (Wildman–Crippen LogP) is 2.49. The quantitative estimate of drug-likeness (QED) is 0.813. The van der Waals surface area contributed by atoms with Crippen molar-refractivity contribution in [2.24, 2.45) is 7.05 Å². The minimum atomic E-state index is 0.819. The molecule has 0 saturated heterocycles. The van der Waals surface area contributed by atoms with Gasteiger partial charge in [0.05, 0.1) is 12.2 Å². The van der Waals surface area contributed by atoms with Crippen molar-refractivity contribution in [3.8, 4) is 0 Å². The predicted molar refractivity (Wildman–Crippen MR) is 77.4 cm³/mol. The van der Waals surface area contributed by atoms with Gasteiger partial charge in [-0.05, 0) is 20.3 Å². The zero-order valence-electron chi connectivity index (χ0n) is 12.3. The maximum Gasteiger partial charge on any atom is 0.203 e. The van der Waals surface area contributed by atoms with Gasteiger partial charge in [-0.1, -0.05) is 13.3 Å². The number of hydrogen-bond acceptors (Lipinski definition) is 3. The molecule has 2 aromatic rings. The SMILES string of the molecule is CCCCNc1nccn1Cc1c(C)nn(C)c1C. The summed E-state index contributed by atoms with van der Waals surface area (Å²) in [6.07, 6.45) is 6.21. The second-order valence-electron chi connectivity index (χ2n) is 4.93. The molecular weight excluding hydrogens is 238 g/mol. The average molecular weight is 261 g/mol. The van der Waals surface area contributed by atoms with Gasteiger partial charge in [0.2, 0.25) is 5.95 Å². The molecule has 0 aliphatic heterocycles. The molecule has 1 N–H and O–H groups in total. The number of rotatable bonds is 6. The molecule has 2 rings (SSSR count). The summed E-state index contributed by atoms with van der Waals surface area (Å²) >= 11 is 0.